The highest BCUT2D eigenvalue weighted by Crippen LogP contribution is 2.25. The van der Waals surface area contributed by atoms with E-state index in [0.29, 0.717) is 6.42 Å². The molecule has 0 aliphatic heterocycles. The highest BCUT2D eigenvalue weighted by Gasteiger charge is 2.13. The molecule has 0 aliphatic carbocycles. The van der Waals surface area contributed by atoms with Crippen molar-refractivity contribution in [3.05, 3.63) is 83.7 Å². The summed E-state index contributed by atoms with van der Waals surface area (Å²) >= 11 is 0. The lowest BCUT2D eigenvalue weighted by molar-refractivity contribution is 0.626. The fraction of sp³-hybridized carbons (Fsp3) is 0.105. The fourth-order valence-electron chi connectivity index (χ4n) is 2.62. The summed E-state index contributed by atoms with van der Waals surface area (Å²) < 4.78 is 13.0. The summed E-state index contributed by atoms with van der Waals surface area (Å²) in [6, 6.07) is 22.8. The molecule has 1 unspecified atom stereocenters. The Hall–Kier alpha value is -2.66. The fourth-order valence-corrected chi connectivity index (χ4v) is 2.62. The second-order valence-corrected chi connectivity index (χ2v) is 5.08. The molecule has 0 spiro atoms. The van der Waals surface area contributed by atoms with Crippen LogP contribution in [0.3, 0.4) is 0 Å². The van der Waals surface area contributed by atoms with Crippen LogP contribution in [0.15, 0.2) is 66.7 Å². The molecule has 3 rings (SSSR count). The van der Waals surface area contributed by atoms with Gasteiger partial charge in [-0.05, 0) is 40.5 Å². The number of rotatable bonds is 3. The Morgan fingerprint density at radius 2 is 1.62 bits per heavy atom. The molecule has 0 N–H and O–H groups in total. The van der Waals surface area contributed by atoms with Crippen molar-refractivity contribution in [2.24, 2.45) is 0 Å². The van der Waals surface area contributed by atoms with Crippen LogP contribution in [0.2, 0.25) is 0 Å². The Labute approximate surface area is 123 Å². The Bertz CT molecular complexity index is 794. The molecular formula is C19H14FN. The smallest absolute Gasteiger partial charge is 0.123 e. The summed E-state index contributed by atoms with van der Waals surface area (Å²) in [7, 11) is 0. The van der Waals surface area contributed by atoms with Crippen molar-refractivity contribution < 1.29 is 4.39 Å². The summed E-state index contributed by atoms with van der Waals surface area (Å²) in [5.41, 5.74) is 2.00. The molecule has 0 aromatic heterocycles. The molecule has 0 saturated heterocycles. The zero-order valence-electron chi connectivity index (χ0n) is 11.5. The first-order valence-corrected chi connectivity index (χ1v) is 6.89. The first-order chi connectivity index (χ1) is 10.3. The molecule has 0 radical (unpaired) electrons. The largest absolute Gasteiger partial charge is 0.207 e. The Balaban J connectivity index is 1.96. The molecule has 0 amide bonds. The molecule has 1 nitrogen and oxygen atoms in total. The van der Waals surface area contributed by atoms with Crippen LogP contribution in [0.4, 0.5) is 4.39 Å². The highest BCUT2D eigenvalue weighted by atomic mass is 19.1. The first kappa shape index (κ1) is 13.3. The van der Waals surface area contributed by atoms with Gasteiger partial charge in [-0.3, -0.25) is 0 Å². The van der Waals surface area contributed by atoms with Crippen LogP contribution in [-0.2, 0) is 6.42 Å². The molecule has 3 aromatic carbocycles. The van der Waals surface area contributed by atoms with Crippen LogP contribution in [-0.4, -0.2) is 0 Å². The van der Waals surface area contributed by atoms with Crippen molar-refractivity contribution in [1.29, 1.82) is 5.26 Å². The van der Waals surface area contributed by atoms with Gasteiger partial charge < -0.3 is 0 Å². The minimum atomic E-state index is -0.277. The van der Waals surface area contributed by atoms with E-state index in [1.807, 2.05) is 18.2 Å². The van der Waals surface area contributed by atoms with Gasteiger partial charge in [0.1, 0.15) is 5.82 Å². The third-order valence-corrected chi connectivity index (χ3v) is 3.73. The zero-order valence-corrected chi connectivity index (χ0v) is 11.5. The van der Waals surface area contributed by atoms with Crippen molar-refractivity contribution >= 4 is 10.8 Å². The number of benzene rings is 3. The average molecular weight is 275 g/mol. The van der Waals surface area contributed by atoms with E-state index < -0.39 is 0 Å². The third-order valence-electron chi connectivity index (χ3n) is 3.73. The van der Waals surface area contributed by atoms with Crippen LogP contribution in [0.25, 0.3) is 10.8 Å². The average Bonchev–Trinajstić information content (AvgIpc) is 2.54. The van der Waals surface area contributed by atoms with Crippen molar-refractivity contribution in [2.75, 3.05) is 0 Å². The quantitative estimate of drug-likeness (QED) is 0.671. The maximum Gasteiger partial charge on any atom is 0.123 e. The predicted molar refractivity (Wildman–Crippen MR) is 82.4 cm³/mol. The van der Waals surface area contributed by atoms with Gasteiger partial charge in [-0.1, -0.05) is 54.6 Å². The van der Waals surface area contributed by atoms with E-state index in [4.69, 9.17) is 0 Å². The summed E-state index contributed by atoms with van der Waals surface area (Å²) in [6.07, 6.45) is 0.628. The topological polar surface area (TPSA) is 23.8 Å². The van der Waals surface area contributed by atoms with Gasteiger partial charge in [0.25, 0.3) is 0 Å². The number of fused-ring (bicyclic) bond motifs is 1. The van der Waals surface area contributed by atoms with Gasteiger partial charge in [-0.15, -0.1) is 0 Å². The third kappa shape index (κ3) is 2.78. The molecule has 0 bridgehead atoms. The molecular weight excluding hydrogens is 261 g/mol. The standard InChI is InChI=1S/C19H14FN/c20-18-10-8-14(9-11-18)17(13-21)12-16-6-3-5-15-4-1-2-7-19(15)16/h1-11,17H,12H2. The number of nitrogens with zero attached hydrogens (tertiary/aromatic N) is 1. The monoisotopic (exact) mass is 275 g/mol. The van der Waals surface area contributed by atoms with Gasteiger partial charge in [-0.2, -0.15) is 5.26 Å². The van der Waals surface area contributed by atoms with Crippen LogP contribution in [0.5, 0.6) is 0 Å². The second-order valence-electron chi connectivity index (χ2n) is 5.08. The molecule has 1 atom stereocenters. The van der Waals surface area contributed by atoms with Gasteiger partial charge in [0.15, 0.2) is 0 Å². The molecule has 0 aliphatic rings. The lowest BCUT2D eigenvalue weighted by atomic mass is 9.91. The van der Waals surface area contributed by atoms with E-state index in [2.05, 4.69) is 30.3 Å². The summed E-state index contributed by atoms with van der Waals surface area (Å²) in [6.45, 7) is 0. The lowest BCUT2D eigenvalue weighted by Crippen LogP contribution is -2.01. The predicted octanol–water partition coefficient (Wildman–Crippen LogP) is 4.83. The van der Waals surface area contributed by atoms with Gasteiger partial charge >= 0.3 is 0 Å². The van der Waals surface area contributed by atoms with E-state index in [-0.39, 0.29) is 11.7 Å². The maximum absolute atomic E-state index is 13.0. The van der Waals surface area contributed by atoms with E-state index in [9.17, 15) is 9.65 Å². The van der Waals surface area contributed by atoms with E-state index in [1.54, 1.807) is 12.1 Å². The Morgan fingerprint density at radius 3 is 2.38 bits per heavy atom. The Morgan fingerprint density at radius 1 is 0.905 bits per heavy atom. The second kappa shape index (κ2) is 5.76. The molecule has 21 heavy (non-hydrogen) atoms. The van der Waals surface area contributed by atoms with Gasteiger partial charge in [-0.25, -0.2) is 4.39 Å². The van der Waals surface area contributed by atoms with Crippen LogP contribution in [0, 0.1) is 17.1 Å². The minimum absolute atomic E-state index is 0.267. The number of nitriles is 1. The van der Waals surface area contributed by atoms with Gasteiger partial charge in [0.2, 0.25) is 0 Å². The SMILES string of the molecule is N#CC(Cc1cccc2ccccc12)c1ccc(F)cc1. The summed E-state index contributed by atoms with van der Waals surface area (Å²) in [5, 5.41) is 11.8. The molecule has 2 heteroatoms. The zero-order chi connectivity index (χ0) is 14.7. The van der Waals surface area contributed by atoms with E-state index in [0.717, 1.165) is 11.1 Å². The minimum Gasteiger partial charge on any atom is -0.207 e. The van der Waals surface area contributed by atoms with Gasteiger partial charge in [0.05, 0.1) is 12.0 Å². The summed E-state index contributed by atoms with van der Waals surface area (Å²) in [4.78, 5) is 0. The molecule has 3 aromatic rings. The number of halogens is 1. The molecule has 0 fully saturated rings. The number of hydrogen-bond donors (Lipinski definition) is 0. The lowest BCUT2D eigenvalue weighted by Gasteiger charge is -2.12. The van der Waals surface area contributed by atoms with Crippen molar-refractivity contribution in [3.8, 4) is 6.07 Å². The van der Waals surface area contributed by atoms with Gasteiger partial charge in [0, 0.05) is 0 Å². The highest BCUT2D eigenvalue weighted by molar-refractivity contribution is 5.85. The Kier molecular flexibility index (Phi) is 3.66. The molecule has 0 saturated carbocycles. The maximum atomic E-state index is 13.0. The van der Waals surface area contributed by atoms with Crippen LogP contribution >= 0.6 is 0 Å². The van der Waals surface area contributed by atoms with Crippen LogP contribution in [0.1, 0.15) is 17.0 Å². The van der Waals surface area contributed by atoms with Crippen molar-refractivity contribution in [3.63, 3.8) is 0 Å². The number of hydrogen-bond acceptors (Lipinski definition) is 1. The van der Waals surface area contributed by atoms with Crippen LogP contribution < -0.4 is 0 Å². The molecule has 102 valence electrons. The van der Waals surface area contributed by atoms with E-state index >= 15 is 0 Å². The first-order valence-electron chi connectivity index (χ1n) is 6.89. The normalized spacial score (nSPS) is 12.0. The summed E-state index contributed by atoms with van der Waals surface area (Å²) in [5.74, 6) is -0.544. The molecule has 0 heterocycles. The van der Waals surface area contributed by atoms with E-state index in [1.165, 1.54) is 22.9 Å². The van der Waals surface area contributed by atoms with Crippen molar-refractivity contribution in [2.45, 2.75) is 12.3 Å². The van der Waals surface area contributed by atoms with Crippen molar-refractivity contribution in [1.82, 2.24) is 0 Å².